The van der Waals surface area contributed by atoms with Crippen LogP contribution in [-0.4, -0.2) is 53.6 Å². The molecule has 1 aliphatic rings. The fourth-order valence-corrected chi connectivity index (χ4v) is 4.90. The molecule has 0 aromatic heterocycles. The highest BCUT2D eigenvalue weighted by Crippen LogP contribution is 2.30. The van der Waals surface area contributed by atoms with Crippen molar-refractivity contribution in [2.24, 2.45) is 0 Å². The van der Waals surface area contributed by atoms with Crippen LogP contribution in [0.3, 0.4) is 0 Å². The average Bonchev–Trinajstić information content (AvgIpc) is 3.22. The van der Waals surface area contributed by atoms with E-state index >= 15 is 0 Å². The van der Waals surface area contributed by atoms with Gasteiger partial charge in [-0.1, -0.05) is 66.7 Å². The molecule has 1 aliphatic heterocycles. The number of likely N-dealkylation sites (N-methyl/N-ethyl adjacent to an activating group) is 1. The van der Waals surface area contributed by atoms with Crippen LogP contribution in [0.4, 0.5) is 18.0 Å². The first kappa shape index (κ1) is 30.7. The van der Waals surface area contributed by atoms with Crippen LogP contribution in [0.1, 0.15) is 42.5 Å². The van der Waals surface area contributed by atoms with Gasteiger partial charge in [0.25, 0.3) is 0 Å². The minimum Gasteiger partial charge on any atom is -0.476 e. The fraction of sp³-hybridized carbons (Fsp3) is 0.333. The summed E-state index contributed by atoms with van der Waals surface area (Å²) in [5, 5.41) is 0. The van der Waals surface area contributed by atoms with E-state index in [4.69, 9.17) is 9.47 Å². The van der Waals surface area contributed by atoms with E-state index in [9.17, 15) is 22.8 Å². The Morgan fingerprint density at radius 3 is 2.24 bits per heavy atom. The molecule has 3 aromatic rings. The van der Waals surface area contributed by atoms with Gasteiger partial charge in [-0.15, -0.1) is 0 Å². The van der Waals surface area contributed by atoms with Crippen LogP contribution in [0.15, 0.2) is 84.9 Å². The first-order valence-electron chi connectivity index (χ1n) is 13.8. The number of nitrogens with zero attached hydrogens (tertiary/aromatic N) is 2. The lowest BCUT2D eigenvalue weighted by atomic mass is 9.95. The van der Waals surface area contributed by atoms with Crippen molar-refractivity contribution in [3.05, 3.63) is 107 Å². The smallest absolute Gasteiger partial charge is 0.416 e. The number of hydrogen-bond acceptors (Lipinski definition) is 4. The molecule has 4 rings (SSSR count). The van der Waals surface area contributed by atoms with E-state index < -0.39 is 23.3 Å². The number of amides is 2. The quantitative estimate of drug-likeness (QED) is 0.230. The van der Waals surface area contributed by atoms with Gasteiger partial charge in [-0.3, -0.25) is 0 Å². The van der Waals surface area contributed by atoms with Gasteiger partial charge >= 0.3 is 18.2 Å². The Labute approximate surface area is 244 Å². The second kappa shape index (κ2) is 13.1. The molecule has 0 spiro atoms. The molecule has 0 saturated carbocycles. The molecule has 1 saturated heterocycles. The van der Waals surface area contributed by atoms with E-state index in [1.54, 1.807) is 42.8 Å². The molecule has 2 atom stereocenters. The molecular weight excluding hydrogens is 545 g/mol. The number of carbonyl (C=O) groups excluding carboxylic acids is 2. The van der Waals surface area contributed by atoms with Crippen molar-refractivity contribution in [3.8, 4) is 5.75 Å². The number of para-hydroxylation sites is 1. The van der Waals surface area contributed by atoms with Crippen LogP contribution in [0, 0.1) is 0 Å². The molecule has 2 unspecified atom stereocenters. The summed E-state index contributed by atoms with van der Waals surface area (Å²) in [4.78, 5) is 28.9. The maximum atomic E-state index is 12.8. The maximum Gasteiger partial charge on any atom is 0.416 e. The van der Waals surface area contributed by atoms with Crippen molar-refractivity contribution in [1.82, 2.24) is 9.80 Å². The summed E-state index contributed by atoms with van der Waals surface area (Å²) in [7, 11) is 1.74. The summed E-state index contributed by atoms with van der Waals surface area (Å²) >= 11 is 0. The first-order valence-corrected chi connectivity index (χ1v) is 13.8. The summed E-state index contributed by atoms with van der Waals surface area (Å²) in [6.45, 7) is 4.48. The fourth-order valence-electron chi connectivity index (χ4n) is 4.90. The van der Waals surface area contributed by atoms with Crippen molar-refractivity contribution in [2.45, 2.75) is 51.1 Å². The molecule has 6 nitrogen and oxygen atoms in total. The molecule has 0 radical (unpaired) electrons. The van der Waals surface area contributed by atoms with Crippen molar-refractivity contribution in [1.29, 1.82) is 0 Å². The third kappa shape index (κ3) is 7.72. The summed E-state index contributed by atoms with van der Waals surface area (Å²) in [5.74, 6) is 0.154. The lowest BCUT2D eigenvalue weighted by Crippen LogP contribution is -2.45. The molecule has 0 bridgehead atoms. The van der Waals surface area contributed by atoms with Gasteiger partial charge in [0, 0.05) is 26.6 Å². The van der Waals surface area contributed by atoms with Crippen LogP contribution in [0.2, 0.25) is 0 Å². The standard InChI is InChI=1S/C33H35F3N2O4/c1-4-41-30(39)32(2,42-29-11-6-5-7-12-29)21-25-15-13-24(14-16-25)9-8-10-28-23-38(31(40)37(28)3)22-26-17-19-27(20-18-26)33(34,35)36/h5-9,11-20,28H,4,10,21-23H2,1-3H3. The molecule has 0 aliphatic carbocycles. The van der Waals surface area contributed by atoms with Crippen LogP contribution in [-0.2, 0) is 28.7 Å². The van der Waals surface area contributed by atoms with Crippen LogP contribution in [0.25, 0.3) is 6.08 Å². The lowest BCUT2D eigenvalue weighted by Gasteiger charge is -2.28. The topological polar surface area (TPSA) is 59.1 Å². The Balaban J connectivity index is 1.34. The Morgan fingerprint density at radius 1 is 0.976 bits per heavy atom. The second-order valence-electron chi connectivity index (χ2n) is 10.5. The number of halogens is 3. The summed E-state index contributed by atoms with van der Waals surface area (Å²) in [6.07, 6.45) is 0.547. The predicted molar refractivity (Wildman–Crippen MR) is 155 cm³/mol. The van der Waals surface area contributed by atoms with E-state index in [2.05, 4.69) is 0 Å². The normalized spacial score (nSPS) is 17.0. The maximum absolute atomic E-state index is 12.8. The zero-order valence-electron chi connectivity index (χ0n) is 23.9. The highest BCUT2D eigenvalue weighted by molar-refractivity contribution is 5.80. The lowest BCUT2D eigenvalue weighted by molar-refractivity contribution is -0.160. The average molecular weight is 581 g/mol. The van der Waals surface area contributed by atoms with Gasteiger partial charge in [-0.25, -0.2) is 9.59 Å². The Hall–Kier alpha value is -4.27. The number of ether oxygens (including phenoxy) is 2. The zero-order valence-corrected chi connectivity index (χ0v) is 23.9. The van der Waals surface area contributed by atoms with Gasteiger partial charge in [0.05, 0.1) is 18.2 Å². The molecule has 0 N–H and O–H groups in total. The third-order valence-electron chi connectivity index (χ3n) is 7.24. The van der Waals surface area contributed by atoms with Gasteiger partial charge in [0.1, 0.15) is 5.75 Å². The summed E-state index contributed by atoms with van der Waals surface area (Å²) in [5.41, 5.74) is 0.628. The Kier molecular flexibility index (Phi) is 9.60. The first-order chi connectivity index (χ1) is 20.0. The van der Waals surface area contributed by atoms with E-state index in [1.165, 1.54) is 12.1 Å². The van der Waals surface area contributed by atoms with E-state index in [0.717, 1.165) is 23.3 Å². The summed E-state index contributed by atoms with van der Waals surface area (Å²) in [6, 6.07) is 21.7. The minimum atomic E-state index is -4.39. The van der Waals surface area contributed by atoms with Crippen LogP contribution < -0.4 is 4.74 Å². The monoisotopic (exact) mass is 580 g/mol. The Bertz CT molecular complexity index is 1380. The highest BCUT2D eigenvalue weighted by atomic mass is 19.4. The number of alkyl halides is 3. The molecule has 2 amide bonds. The van der Waals surface area contributed by atoms with E-state index in [0.29, 0.717) is 30.7 Å². The van der Waals surface area contributed by atoms with Crippen LogP contribution >= 0.6 is 0 Å². The Morgan fingerprint density at radius 2 is 1.62 bits per heavy atom. The molecule has 9 heteroatoms. The molecule has 1 fully saturated rings. The molecule has 3 aromatic carbocycles. The van der Waals surface area contributed by atoms with Crippen molar-refractivity contribution in [2.75, 3.05) is 20.2 Å². The summed E-state index contributed by atoms with van der Waals surface area (Å²) < 4.78 is 49.9. The zero-order chi connectivity index (χ0) is 30.3. The van der Waals surface area contributed by atoms with Gasteiger partial charge in [0.15, 0.2) is 0 Å². The number of rotatable bonds is 11. The van der Waals surface area contributed by atoms with E-state index in [-0.39, 0.29) is 25.2 Å². The molecule has 42 heavy (non-hydrogen) atoms. The second-order valence-corrected chi connectivity index (χ2v) is 10.5. The van der Waals surface area contributed by atoms with Gasteiger partial charge in [0.2, 0.25) is 5.60 Å². The van der Waals surface area contributed by atoms with Gasteiger partial charge in [-0.2, -0.15) is 13.2 Å². The number of carbonyl (C=O) groups is 2. The molecule has 1 heterocycles. The van der Waals surface area contributed by atoms with Crippen molar-refractivity contribution >= 4 is 18.1 Å². The van der Waals surface area contributed by atoms with Crippen LogP contribution in [0.5, 0.6) is 5.75 Å². The van der Waals surface area contributed by atoms with Gasteiger partial charge < -0.3 is 19.3 Å². The largest absolute Gasteiger partial charge is 0.476 e. The minimum absolute atomic E-state index is 0.0529. The SMILES string of the molecule is CCOC(=O)C(C)(Cc1ccc(C=CCC2CN(Cc3ccc(C(F)(F)F)cc3)C(=O)N2C)cc1)Oc1ccccc1. The predicted octanol–water partition coefficient (Wildman–Crippen LogP) is 6.99. The van der Waals surface area contributed by atoms with Crippen molar-refractivity contribution in [3.63, 3.8) is 0 Å². The number of esters is 1. The van der Waals surface area contributed by atoms with Gasteiger partial charge in [-0.05, 0) is 61.2 Å². The highest BCUT2D eigenvalue weighted by Gasteiger charge is 2.38. The van der Waals surface area contributed by atoms with E-state index in [1.807, 2.05) is 54.6 Å². The number of benzene rings is 3. The number of hydrogen-bond donors (Lipinski definition) is 0. The molecular formula is C33H35F3N2O4. The number of urea groups is 1. The third-order valence-corrected chi connectivity index (χ3v) is 7.24. The van der Waals surface area contributed by atoms with Crippen molar-refractivity contribution < 1.29 is 32.2 Å². The molecule has 222 valence electrons.